The van der Waals surface area contributed by atoms with Crippen LogP contribution in [0.4, 0.5) is 20.2 Å². The van der Waals surface area contributed by atoms with E-state index in [9.17, 15) is 8.78 Å². The average molecular weight is 398 g/mol. The largest absolute Gasteiger partial charge is 0.433 e. The zero-order chi connectivity index (χ0) is 17.0. The molecule has 9 heteroatoms. The van der Waals surface area contributed by atoms with Gasteiger partial charge < -0.3 is 15.4 Å². The first-order valence-electron chi connectivity index (χ1n) is 6.12. The maximum atomic E-state index is 12.2. The van der Waals surface area contributed by atoms with Crippen LogP contribution in [-0.4, -0.2) is 11.7 Å². The van der Waals surface area contributed by atoms with Crippen LogP contribution < -0.4 is 15.4 Å². The van der Waals surface area contributed by atoms with Crippen molar-refractivity contribution in [2.24, 2.45) is 0 Å². The van der Waals surface area contributed by atoms with Crippen molar-refractivity contribution in [3.63, 3.8) is 0 Å². The van der Waals surface area contributed by atoms with Gasteiger partial charge in [0.1, 0.15) is 5.75 Å². The summed E-state index contributed by atoms with van der Waals surface area (Å²) >= 11 is 22.8. The maximum Gasteiger partial charge on any atom is 0.387 e. The highest BCUT2D eigenvalue weighted by Gasteiger charge is 2.09. The fourth-order valence-electron chi connectivity index (χ4n) is 1.69. The Hall–Kier alpha value is -1.34. The van der Waals surface area contributed by atoms with E-state index >= 15 is 0 Å². The van der Waals surface area contributed by atoms with Gasteiger partial charge in [-0.3, -0.25) is 0 Å². The van der Waals surface area contributed by atoms with Crippen molar-refractivity contribution >= 4 is 63.5 Å². The lowest BCUT2D eigenvalue weighted by atomic mass is 10.3. The third-order valence-electron chi connectivity index (χ3n) is 2.53. The molecular formula is C14H9Cl3F2N2OS. The van der Waals surface area contributed by atoms with Crippen LogP contribution >= 0.6 is 47.0 Å². The molecule has 0 spiro atoms. The number of hydrogen-bond acceptors (Lipinski definition) is 2. The Morgan fingerprint density at radius 1 is 0.957 bits per heavy atom. The molecule has 0 atom stereocenters. The quantitative estimate of drug-likeness (QED) is 0.615. The lowest BCUT2D eigenvalue weighted by Gasteiger charge is -2.13. The first kappa shape index (κ1) is 18.0. The molecule has 0 bridgehead atoms. The molecule has 0 unspecified atom stereocenters. The van der Waals surface area contributed by atoms with Gasteiger partial charge in [-0.2, -0.15) is 8.78 Å². The number of ether oxygens (including phenoxy) is 1. The van der Waals surface area contributed by atoms with Crippen LogP contribution in [0.3, 0.4) is 0 Å². The van der Waals surface area contributed by atoms with Gasteiger partial charge in [0.15, 0.2) is 5.11 Å². The van der Waals surface area contributed by atoms with Crippen LogP contribution in [0, 0.1) is 0 Å². The van der Waals surface area contributed by atoms with Gasteiger partial charge in [0.2, 0.25) is 0 Å². The number of rotatable bonds is 4. The van der Waals surface area contributed by atoms with Crippen LogP contribution in [-0.2, 0) is 0 Å². The normalized spacial score (nSPS) is 10.5. The molecule has 0 amide bonds. The van der Waals surface area contributed by atoms with Crippen molar-refractivity contribution in [1.82, 2.24) is 0 Å². The monoisotopic (exact) mass is 396 g/mol. The molecule has 23 heavy (non-hydrogen) atoms. The van der Waals surface area contributed by atoms with E-state index in [2.05, 4.69) is 15.4 Å². The summed E-state index contributed by atoms with van der Waals surface area (Å²) in [5.74, 6) is -0.118. The SMILES string of the molecule is FC(F)Oc1ccc(NC(=S)Nc2cc(Cl)cc(Cl)c2)cc1Cl. The van der Waals surface area contributed by atoms with Crippen LogP contribution in [0.2, 0.25) is 15.1 Å². The van der Waals surface area contributed by atoms with Gasteiger partial charge in [0.25, 0.3) is 0 Å². The molecule has 0 radical (unpaired) electrons. The van der Waals surface area contributed by atoms with Gasteiger partial charge in [0.05, 0.1) is 5.02 Å². The van der Waals surface area contributed by atoms with Crippen molar-refractivity contribution < 1.29 is 13.5 Å². The van der Waals surface area contributed by atoms with Crippen molar-refractivity contribution in [2.75, 3.05) is 10.6 Å². The molecule has 0 saturated heterocycles. The molecule has 2 N–H and O–H groups in total. The molecule has 3 nitrogen and oxygen atoms in total. The minimum absolute atomic E-state index is 0.0314. The van der Waals surface area contributed by atoms with Crippen molar-refractivity contribution in [3.8, 4) is 5.75 Å². The second-order valence-corrected chi connectivity index (χ2v) is 5.95. The number of thiocarbonyl (C=S) groups is 1. The van der Waals surface area contributed by atoms with E-state index < -0.39 is 6.61 Å². The highest BCUT2D eigenvalue weighted by Crippen LogP contribution is 2.29. The molecular weight excluding hydrogens is 389 g/mol. The van der Waals surface area contributed by atoms with Gasteiger partial charge in [-0.1, -0.05) is 34.8 Å². The fourth-order valence-corrected chi connectivity index (χ4v) is 2.68. The molecule has 0 aliphatic heterocycles. The van der Waals surface area contributed by atoms with Crippen LogP contribution in [0.15, 0.2) is 36.4 Å². The zero-order valence-corrected chi connectivity index (χ0v) is 14.3. The minimum Gasteiger partial charge on any atom is -0.433 e. The Morgan fingerprint density at radius 2 is 1.57 bits per heavy atom. The molecule has 0 aliphatic carbocycles. The maximum absolute atomic E-state index is 12.2. The van der Waals surface area contributed by atoms with Gasteiger partial charge in [-0.05, 0) is 48.6 Å². The number of alkyl halides is 2. The number of hydrogen-bond donors (Lipinski definition) is 2. The average Bonchev–Trinajstić information content (AvgIpc) is 2.40. The number of halogens is 5. The van der Waals surface area contributed by atoms with E-state index in [1.165, 1.54) is 18.2 Å². The molecule has 0 heterocycles. The molecule has 0 saturated carbocycles. The summed E-state index contributed by atoms with van der Waals surface area (Å²) in [6.07, 6.45) is 0. The molecule has 0 aliphatic rings. The first-order valence-corrected chi connectivity index (χ1v) is 7.66. The van der Waals surface area contributed by atoms with E-state index in [-0.39, 0.29) is 15.9 Å². The summed E-state index contributed by atoms with van der Waals surface area (Å²) in [6.45, 7) is -2.94. The number of nitrogens with one attached hydrogen (secondary N) is 2. The van der Waals surface area contributed by atoms with Crippen LogP contribution in [0.1, 0.15) is 0 Å². The smallest absolute Gasteiger partial charge is 0.387 e. The van der Waals surface area contributed by atoms with Crippen molar-refractivity contribution in [2.45, 2.75) is 6.61 Å². The van der Waals surface area contributed by atoms with E-state index in [1.807, 2.05) is 0 Å². The van der Waals surface area contributed by atoms with Gasteiger partial charge >= 0.3 is 6.61 Å². The van der Waals surface area contributed by atoms with E-state index in [0.717, 1.165) is 0 Å². The second-order valence-electron chi connectivity index (χ2n) is 4.26. The molecule has 0 fully saturated rings. The van der Waals surface area contributed by atoms with E-state index in [4.69, 9.17) is 47.0 Å². The Bertz CT molecular complexity index is 711. The van der Waals surface area contributed by atoms with Crippen molar-refractivity contribution in [3.05, 3.63) is 51.5 Å². The Morgan fingerprint density at radius 3 is 2.13 bits per heavy atom. The van der Waals surface area contributed by atoms with Gasteiger partial charge in [0, 0.05) is 21.4 Å². The number of anilines is 2. The molecule has 2 aromatic carbocycles. The summed E-state index contributed by atoms with van der Waals surface area (Å²) in [5.41, 5.74) is 1.10. The first-order chi connectivity index (χ1) is 10.8. The third-order valence-corrected chi connectivity index (χ3v) is 3.46. The highest BCUT2D eigenvalue weighted by molar-refractivity contribution is 7.80. The lowest BCUT2D eigenvalue weighted by molar-refractivity contribution is -0.0497. The highest BCUT2D eigenvalue weighted by atomic mass is 35.5. The van der Waals surface area contributed by atoms with Crippen LogP contribution in [0.25, 0.3) is 0 Å². The minimum atomic E-state index is -2.94. The number of benzene rings is 2. The fraction of sp³-hybridized carbons (Fsp3) is 0.0714. The van der Waals surface area contributed by atoms with Gasteiger partial charge in [-0.15, -0.1) is 0 Å². The van der Waals surface area contributed by atoms with Crippen molar-refractivity contribution in [1.29, 1.82) is 0 Å². The zero-order valence-electron chi connectivity index (χ0n) is 11.2. The van der Waals surface area contributed by atoms with Crippen LogP contribution in [0.5, 0.6) is 5.75 Å². The second kappa shape index (κ2) is 7.97. The predicted molar refractivity (Wildman–Crippen MR) is 94.4 cm³/mol. The Balaban J connectivity index is 2.04. The molecule has 2 rings (SSSR count). The summed E-state index contributed by atoms with van der Waals surface area (Å²) in [4.78, 5) is 0. The summed E-state index contributed by atoms with van der Waals surface area (Å²) in [5, 5.41) is 6.95. The lowest BCUT2D eigenvalue weighted by Crippen LogP contribution is -2.19. The Kier molecular flexibility index (Phi) is 6.24. The molecule has 122 valence electrons. The standard InChI is InChI=1S/C14H9Cl3F2N2OS/c15-7-3-8(16)5-10(4-7)21-14(23)20-9-1-2-12(11(17)6-9)22-13(18)19/h1-6,13H,(H2,20,21,23). The van der Waals surface area contributed by atoms with E-state index in [1.54, 1.807) is 18.2 Å². The molecule has 2 aromatic rings. The summed E-state index contributed by atoms with van der Waals surface area (Å²) in [7, 11) is 0. The van der Waals surface area contributed by atoms with E-state index in [0.29, 0.717) is 21.4 Å². The molecule has 0 aromatic heterocycles. The Labute approximate surface area is 151 Å². The predicted octanol–water partition coefficient (Wildman–Crippen LogP) is 6.06. The van der Waals surface area contributed by atoms with Gasteiger partial charge in [-0.25, -0.2) is 0 Å². The topological polar surface area (TPSA) is 33.3 Å². The summed E-state index contributed by atoms with van der Waals surface area (Å²) < 4.78 is 28.6. The third kappa shape index (κ3) is 5.66. The summed E-state index contributed by atoms with van der Waals surface area (Å²) in [6, 6.07) is 9.12.